The molecule has 1 N–H and O–H groups in total. The summed E-state index contributed by atoms with van der Waals surface area (Å²) < 4.78 is 18.6. The molecule has 1 aromatic heterocycles. The van der Waals surface area contributed by atoms with Crippen LogP contribution in [0.4, 0.5) is 10.2 Å². The Labute approximate surface area is 99.4 Å². The standard InChI is InChI=1S/C12H14FN3O/c13-10-2-1-5-15-11(10)16-9-12(8-14)3-6-17-7-4-12/h1-2,5H,3-4,6-7,9H2,(H,15,16). The first-order valence-electron chi connectivity index (χ1n) is 5.59. The minimum atomic E-state index is -0.470. The Morgan fingerprint density at radius 3 is 2.94 bits per heavy atom. The van der Waals surface area contributed by atoms with Crippen molar-refractivity contribution in [1.29, 1.82) is 5.26 Å². The average molecular weight is 235 g/mol. The van der Waals surface area contributed by atoms with Crippen molar-refractivity contribution in [3.8, 4) is 6.07 Å². The Balaban J connectivity index is 2.01. The van der Waals surface area contributed by atoms with Gasteiger partial charge in [-0.25, -0.2) is 9.37 Å². The topological polar surface area (TPSA) is 57.9 Å². The van der Waals surface area contributed by atoms with Gasteiger partial charge in [0.1, 0.15) is 0 Å². The largest absolute Gasteiger partial charge is 0.381 e. The summed E-state index contributed by atoms with van der Waals surface area (Å²) in [6.07, 6.45) is 2.87. The van der Waals surface area contributed by atoms with Gasteiger partial charge in [0.05, 0.1) is 11.5 Å². The van der Waals surface area contributed by atoms with Crippen molar-refractivity contribution in [2.45, 2.75) is 12.8 Å². The Bertz CT molecular complexity index is 424. The lowest BCUT2D eigenvalue weighted by Gasteiger charge is -2.30. The van der Waals surface area contributed by atoms with Crippen LogP contribution in [-0.2, 0) is 4.74 Å². The van der Waals surface area contributed by atoms with Crippen molar-refractivity contribution in [2.75, 3.05) is 25.1 Å². The Morgan fingerprint density at radius 2 is 2.29 bits per heavy atom. The van der Waals surface area contributed by atoms with E-state index in [1.807, 2.05) is 0 Å². The molecule has 0 saturated carbocycles. The predicted molar refractivity (Wildman–Crippen MR) is 60.8 cm³/mol. The van der Waals surface area contributed by atoms with Gasteiger partial charge in [-0.1, -0.05) is 0 Å². The number of aromatic nitrogens is 1. The summed E-state index contributed by atoms with van der Waals surface area (Å²) in [4.78, 5) is 3.90. The van der Waals surface area contributed by atoms with Crippen LogP contribution in [0.15, 0.2) is 18.3 Å². The van der Waals surface area contributed by atoms with Gasteiger partial charge in [-0.2, -0.15) is 5.26 Å². The van der Waals surface area contributed by atoms with Gasteiger partial charge in [0.25, 0.3) is 0 Å². The minimum absolute atomic E-state index is 0.202. The number of hydrogen-bond acceptors (Lipinski definition) is 4. The number of nitrogens with zero attached hydrogens (tertiary/aromatic N) is 2. The zero-order valence-electron chi connectivity index (χ0n) is 9.45. The van der Waals surface area contributed by atoms with Crippen LogP contribution < -0.4 is 5.32 Å². The van der Waals surface area contributed by atoms with Crippen LogP contribution in [0.5, 0.6) is 0 Å². The van der Waals surface area contributed by atoms with Gasteiger partial charge in [0.2, 0.25) is 0 Å². The quantitative estimate of drug-likeness (QED) is 0.870. The predicted octanol–water partition coefficient (Wildman–Crippen LogP) is 1.95. The lowest BCUT2D eigenvalue weighted by atomic mass is 9.82. The number of halogens is 1. The fraction of sp³-hybridized carbons (Fsp3) is 0.500. The molecule has 1 fully saturated rings. The van der Waals surface area contributed by atoms with E-state index in [-0.39, 0.29) is 5.82 Å². The maximum atomic E-state index is 13.3. The van der Waals surface area contributed by atoms with E-state index >= 15 is 0 Å². The molecule has 1 aliphatic heterocycles. The number of ether oxygens (including phenoxy) is 1. The Hall–Kier alpha value is -1.67. The zero-order chi connectivity index (χ0) is 12.1. The highest BCUT2D eigenvalue weighted by Crippen LogP contribution is 2.29. The molecule has 90 valence electrons. The van der Waals surface area contributed by atoms with Gasteiger partial charge in [0.15, 0.2) is 11.6 Å². The van der Waals surface area contributed by atoms with Crippen LogP contribution in [-0.4, -0.2) is 24.7 Å². The van der Waals surface area contributed by atoms with Gasteiger partial charge >= 0.3 is 0 Å². The van der Waals surface area contributed by atoms with E-state index in [0.717, 1.165) is 0 Å². The van der Waals surface area contributed by atoms with Crippen LogP contribution in [0, 0.1) is 22.6 Å². The number of rotatable bonds is 3. The van der Waals surface area contributed by atoms with Crippen molar-refractivity contribution in [3.63, 3.8) is 0 Å². The Kier molecular flexibility index (Phi) is 3.55. The maximum absolute atomic E-state index is 13.3. The zero-order valence-corrected chi connectivity index (χ0v) is 9.45. The summed E-state index contributed by atoms with van der Waals surface area (Å²) in [5.74, 6) is -0.193. The Morgan fingerprint density at radius 1 is 1.53 bits per heavy atom. The molecule has 0 spiro atoms. The molecule has 17 heavy (non-hydrogen) atoms. The van der Waals surface area contributed by atoms with Gasteiger partial charge in [-0.15, -0.1) is 0 Å². The molecule has 0 unspecified atom stereocenters. The fourth-order valence-corrected chi connectivity index (χ4v) is 1.86. The van der Waals surface area contributed by atoms with Crippen LogP contribution in [0.1, 0.15) is 12.8 Å². The van der Waals surface area contributed by atoms with Crippen molar-refractivity contribution in [3.05, 3.63) is 24.1 Å². The van der Waals surface area contributed by atoms with E-state index in [1.54, 1.807) is 0 Å². The number of nitriles is 1. The summed E-state index contributed by atoms with van der Waals surface area (Å²) in [7, 11) is 0. The van der Waals surface area contributed by atoms with Crippen LogP contribution >= 0.6 is 0 Å². The van der Waals surface area contributed by atoms with Crippen molar-refractivity contribution in [1.82, 2.24) is 4.98 Å². The molecule has 0 radical (unpaired) electrons. The smallest absolute Gasteiger partial charge is 0.165 e. The van der Waals surface area contributed by atoms with Crippen LogP contribution in [0.3, 0.4) is 0 Å². The molecule has 0 bridgehead atoms. The number of hydrogen-bond donors (Lipinski definition) is 1. The lowest BCUT2D eigenvalue weighted by Crippen LogP contribution is -2.35. The molecule has 0 amide bonds. The normalized spacial score (nSPS) is 18.4. The van der Waals surface area contributed by atoms with E-state index in [1.165, 1.54) is 18.3 Å². The number of anilines is 1. The molecule has 5 heteroatoms. The van der Waals surface area contributed by atoms with Gasteiger partial charge in [-0.3, -0.25) is 0 Å². The maximum Gasteiger partial charge on any atom is 0.165 e. The molecule has 1 aromatic rings. The highest BCUT2D eigenvalue weighted by molar-refractivity contribution is 5.36. The third-order valence-corrected chi connectivity index (χ3v) is 3.04. The second-order valence-electron chi connectivity index (χ2n) is 4.19. The molecule has 1 aliphatic rings. The third-order valence-electron chi connectivity index (χ3n) is 3.04. The van der Waals surface area contributed by atoms with E-state index in [2.05, 4.69) is 16.4 Å². The van der Waals surface area contributed by atoms with E-state index in [4.69, 9.17) is 4.74 Å². The molecular formula is C12H14FN3O. The van der Waals surface area contributed by atoms with E-state index in [0.29, 0.717) is 32.6 Å². The summed E-state index contributed by atoms with van der Waals surface area (Å²) in [6.45, 7) is 1.57. The number of pyridine rings is 1. The van der Waals surface area contributed by atoms with Gasteiger partial charge in [-0.05, 0) is 25.0 Å². The van der Waals surface area contributed by atoms with Gasteiger partial charge < -0.3 is 10.1 Å². The van der Waals surface area contributed by atoms with Crippen LogP contribution in [0.2, 0.25) is 0 Å². The molecule has 2 heterocycles. The molecule has 1 saturated heterocycles. The van der Waals surface area contributed by atoms with Crippen molar-refractivity contribution in [2.24, 2.45) is 5.41 Å². The van der Waals surface area contributed by atoms with Gasteiger partial charge in [0, 0.05) is 26.0 Å². The first-order valence-corrected chi connectivity index (χ1v) is 5.59. The first-order chi connectivity index (χ1) is 8.26. The molecular weight excluding hydrogens is 221 g/mol. The van der Waals surface area contributed by atoms with Crippen LogP contribution in [0.25, 0.3) is 0 Å². The van der Waals surface area contributed by atoms with Crippen molar-refractivity contribution < 1.29 is 9.13 Å². The van der Waals surface area contributed by atoms with Crippen molar-refractivity contribution >= 4 is 5.82 Å². The monoisotopic (exact) mass is 235 g/mol. The summed E-state index contributed by atoms with van der Waals surface area (Å²) in [5, 5.41) is 12.1. The highest BCUT2D eigenvalue weighted by atomic mass is 19.1. The van der Waals surface area contributed by atoms with E-state index in [9.17, 15) is 9.65 Å². The SMILES string of the molecule is N#CC1(CNc2ncccc2F)CCOCC1. The molecule has 2 rings (SSSR count). The second-order valence-corrected chi connectivity index (χ2v) is 4.19. The number of nitrogens with one attached hydrogen (secondary N) is 1. The summed E-state index contributed by atoms with van der Waals surface area (Å²) >= 11 is 0. The average Bonchev–Trinajstić information content (AvgIpc) is 2.39. The molecule has 4 nitrogen and oxygen atoms in total. The lowest BCUT2D eigenvalue weighted by molar-refractivity contribution is 0.0455. The third kappa shape index (κ3) is 2.71. The fourth-order valence-electron chi connectivity index (χ4n) is 1.86. The summed E-state index contributed by atoms with van der Waals surface area (Å²) in [5.41, 5.74) is -0.470. The van der Waals surface area contributed by atoms with E-state index < -0.39 is 11.2 Å². The molecule has 0 aliphatic carbocycles. The second kappa shape index (κ2) is 5.11. The summed E-state index contributed by atoms with van der Waals surface area (Å²) in [6, 6.07) is 5.20. The highest BCUT2D eigenvalue weighted by Gasteiger charge is 2.32. The minimum Gasteiger partial charge on any atom is -0.381 e. The molecule has 0 atom stereocenters. The first kappa shape index (κ1) is 11.8. The molecule has 0 aromatic carbocycles.